The maximum absolute atomic E-state index is 12.9. The fraction of sp³-hybridized carbons (Fsp3) is 0.238. The number of ether oxygens (including phenoxy) is 3. The Labute approximate surface area is 167 Å². The first kappa shape index (κ1) is 18.4. The van der Waals surface area contributed by atoms with Gasteiger partial charge in [-0.15, -0.1) is 0 Å². The van der Waals surface area contributed by atoms with Gasteiger partial charge in [0.1, 0.15) is 6.61 Å². The van der Waals surface area contributed by atoms with Crippen LogP contribution in [0.2, 0.25) is 5.02 Å². The molecular formula is C21H18ClNO5. The lowest BCUT2D eigenvalue weighted by Crippen LogP contribution is -2.34. The van der Waals surface area contributed by atoms with Gasteiger partial charge < -0.3 is 19.5 Å². The second-order valence-corrected chi connectivity index (χ2v) is 7.04. The molecular weight excluding hydrogens is 382 g/mol. The maximum Gasteiger partial charge on any atom is 0.336 e. The van der Waals surface area contributed by atoms with E-state index in [4.69, 9.17) is 25.8 Å². The van der Waals surface area contributed by atoms with Crippen LogP contribution in [-0.4, -0.2) is 18.7 Å². The lowest BCUT2D eigenvalue weighted by molar-refractivity contribution is -0.141. The average molecular weight is 400 g/mol. The van der Waals surface area contributed by atoms with Crippen molar-refractivity contribution in [3.8, 4) is 11.5 Å². The standard InChI is InChI=1S/C21H18ClNO5/c1-12-20(21(25)26-10-13-5-3-2-4-6-13)15(8-19(24)23-12)14-7-17-18(9-16(14)22)28-11-27-17/h2-7,9,15H,8,10-11H2,1H3,(H,23,24)/t15-/m1/s1. The molecule has 1 amide bonds. The zero-order chi connectivity index (χ0) is 19.7. The van der Waals surface area contributed by atoms with Gasteiger partial charge in [0.05, 0.1) is 5.57 Å². The van der Waals surface area contributed by atoms with Crippen molar-refractivity contribution in [1.29, 1.82) is 0 Å². The number of carbonyl (C=O) groups is 2. The number of benzene rings is 2. The molecule has 0 bridgehead atoms. The van der Waals surface area contributed by atoms with Crippen LogP contribution in [0, 0.1) is 0 Å². The van der Waals surface area contributed by atoms with Gasteiger partial charge in [0.2, 0.25) is 12.7 Å². The molecule has 7 heteroatoms. The van der Waals surface area contributed by atoms with Gasteiger partial charge >= 0.3 is 5.97 Å². The van der Waals surface area contributed by atoms with Gasteiger partial charge in [0.15, 0.2) is 11.5 Å². The summed E-state index contributed by atoms with van der Waals surface area (Å²) in [5.41, 5.74) is 2.36. The first-order valence-corrected chi connectivity index (χ1v) is 9.21. The Morgan fingerprint density at radius 2 is 1.93 bits per heavy atom. The van der Waals surface area contributed by atoms with Gasteiger partial charge in [-0.3, -0.25) is 4.79 Å². The Hall–Kier alpha value is -2.99. The predicted octanol–water partition coefficient (Wildman–Crippen LogP) is 3.69. The van der Waals surface area contributed by atoms with Crippen LogP contribution in [0.4, 0.5) is 0 Å². The lowest BCUT2D eigenvalue weighted by Gasteiger charge is -2.27. The van der Waals surface area contributed by atoms with E-state index >= 15 is 0 Å². The summed E-state index contributed by atoms with van der Waals surface area (Å²) in [4.78, 5) is 25.0. The van der Waals surface area contributed by atoms with Crippen molar-refractivity contribution in [2.24, 2.45) is 0 Å². The summed E-state index contributed by atoms with van der Waals surface area (Å²) in [6, 6.07) is 12.8. The van der Waals surface area contributed by atoms with Crippen molar-refractivity contribution < 1.29 is 23.8 Å². The highest BCUT2D eigenvalue weighted by molar-refractivity contribution is 6.31. The third-order valence-corrected chi connectivity index (χ3v) is 5.10. The van der Waals surface area contributed by atoms with Crippen LogP contribution in [0.3, 0.4) is 0 Å². The summed E-state index contributed by atoms with van der Waals surface area (Å²) in [5.74, 6) is -0.113. The number of carbonyl (C=O) groups excluding carboxylic acids is 2. The quantitative estimate of drug-likeness (QED) is 0.794. The van der Waals surface area contributed by atoms with Gasteiger partial charge in [-0.1, -0.05) is 41.9 Å². The average Bonchev–Trinajstić information content (AvgIpc) is 3.13. The van der Waals surface area contributed by atoms with Gasteiger partial charge in [-0.2, -0.15) is 0 Å². The molecule has 2 aliphatic rings. The molecule has 2 aliphatic heterocycles. The minimum Gasteiger partial charge on any atom is -0.457 e. The molecule has 2 aromatic rings. The molecule has 28 heavy (non-hydrogen) atoms. The van der Waals surface area contributed by atoms with Crippen LogP contribution in [0.1, 0.15) is 30.4 Å². The highest BCUT2D eigenvalue weighted by Gasteiger charge is 2.35. The zero-order valence-corrected chi connectivity index (χ0v) is 15.9. The summed E-state index contributed by atoms with van der Waals surface area (Å²) in [6.45, 7) is 1.94. The predicted molar refractivity (Wildman–Crippen MR) is 102 cm³/mol. The monoisotopic (exact) mass is 399 g/mol. The maximum atomic E-state index is 12.9. The van der Waals surface area contributed by atoms with E-state index in [2.05, 4.69) is 5.32 Å². The summed E-state index contributed by atoms with van der Waals surface area (Å²) in [5, 5.41) is 3.13. The van der Waals surface area contributed by atoms with Crippen molar-refractivity contribution >= 4 is 23.5 Å². The number of rotatable bonds is 4. The fourth-order valence-electron chi connectivity index (χ4n) is 3.44. The number of fused-ring (bicyclic) bond motifs is 1. The van der Waals surface area contributed by atoms with E-state index in [1.165, 1.54) is 0 Å². The van der Waals surface area contributed by atoms with E-state index in [9.17, 15) is 9.59 Å². The molecule has 4 rings (SSSR count). The van der Waals surface area contributed by atoms with Crippen molar-refractivity contribution in [3.63, 3.8) is 0 Å². The molecule has 2 aromatic carbocycles. The largest absolute Gasteiger partial charge is 0.457 e. The first-order chi connectivity index (χ1) is 13.5. The van der Waals surface area contributed by atoms with E-state index in [-0.39, 0.29) is 25.7 Å². The molecule has 0 aliphatic carbocycles. The van der Waals surface area contributed by atoms with Gasteiger partial charge in [-0.25, -0.2) is 4.79 Å². The number of allylic oxidation sites excluding steroid dienone is 1. The Balaban J connectivity index is 1.64. The second-order valence-electron chi connectivity index (χ2n) is 6.63. The third-order valence-electron chi connectivity index (χ3n) is 4.77. The SMILES string of the molecule is CC1=C(C(=O)OCc2ccccc2)[C@@H](c2cc3c(cc2Cl)OCO3)CC(=O)N1. The van der Waals surface area contributed by atoms with E-state index in [0.717, 1.165) is 5.56 Å². The van der Waals surface area contributed by atoms with Crippen LogP contribution < -0.4 is 14.8 Å². The van der Waals surface area contributed by atoms with E-state index < -0.39 is 11.9 Å². The Kier molecular flexibility index (Phi) is 4.96. The van der Waals surface area contributed by atoms with Crippen LogP contribution in [-0.2, 0) is 20.9 Å². The summed E-state index contributed by atoms with van der Waals surface area (Å²) >= 11 is 6.44. The van der Waals surface area contributed by atoms with Gasteiger partial charge in [0.25, 0.3) is 0 Å². The highest BCUT2D eigenvalue weighted by atomic mass is 35.5. The number of halogens is 1. The van der Waals surface area contributed by atoms with Crippen LogP contribution in [0.15, 0.2) is 53.7 Å². The molecule has 1 atom stereocenters. The number of nitrogens with one attached hydrogen (secondary N) is 1. The first-order valence-electron chi connectivity index (χ1n) is 8.83. The van der Waals surface area contributed by atoms with Crippen molar-refractivity contribution in [1.82, 2.24) is 5.32 Å². The third kappa shape index (κ3) is 3.55. The van der Waals surface area contributed by atoms with Crippen molar-refractivity contribution in [3.05, 3.63) is 69.9 Å². The number of hydrogen-bond donors (Lipinski definition) is 1. The van der Waals surface area contributed by atoms with Crippen LogP contribution in [0.25, 0.3) is 0 Å². The summed E-state index contributed by atoms with van der Waals surface area (Å²) in [7, 11) is 0. The summed E-state index contributed by atoms with van der Waals surface area (Å²) in [6.07, 6.45) is 0.0898. The second kappa shape index (κ2) is 7.56. The normalized spacial score (nSPS) is 18.1. The Morgan fingerprint density at radius 1 is 1.21 bits per heavy atom. The molecule has 2 heterocycles. The number of hydrogen-bond acceptors (Lipinski definition) is 5. The molecule has 1 N–H and O–H groups in total. The molecule has 6 nitrogen and oxygen atoms in total. The van der Waals surface area contributed by atoms with E-state index in [0.29, 0.717) is 33.4 Å². The minimum atomic E-state index is -0.529. The molecule has 0 fully saturated rings. The number of amides is 1. The highest BCUT2D eigenvalue weighted by Crippen LogP contribution is 2.43. The van der Waals surface area contributed by atoms with Crippen LogP contribution >= 0.6 is 11.6 Å². The van der Waals surface area contributed by atoms with Crippen molar-refractivity contribution in [2.75, 3.05) is 6.79 Å². The zero-order valence-electron chi connectivity index (χ0n) is 15.2. The molecule has 0 unspecified atom stereocenters. The topological polar surface area (TPSA) is 73.9 Å². The molecule has 0 spiro atoms. The molecule has 0 saturated heterocycles. The van der Waals surface area contributed by atoms with Gasteiger partial charge in [-0.05, 0) is 24.1 Å². The van der Waals surface area contributed by atoms with Gasteiger partial charge in [0, 0.05) is 29.1 Å². The summed E-state index contributed by atoms with van der Waals surface area (Å²) < 4.78 is 16.3. The molecule has 144 valence electrons. The lowest BCUT2D eigenvalue weighted by atomic mass is 9.84. The van der Waals surface area contributed by atoms with Crippen LogP contribution in [0.5, 0.6) is 11.5 Å². The smallest absolute Gasteiger partial charge is 0.336 e. The minimum absolute atomic E-state index is 0.0898. The molecule has 0 radical (unpaired) electrons. The number of esters is 1. The Morgan fingerprint density at radius 3 is 2.68 bits per heavy atom. The molecule has 0 saturated carbocycles. The Bertz CT molecular complexity index is 970. The molecule has 0 aromatic heterocycles. The van der Waals surface area contributed by atoms with Crippen molar-refractivity contribution in [2.45, 2.75) is 25.9 Å². The fourth-order valence-corrected chi connectivity index (χ4v) is 3.72. The van der Waals surface area contributed by atoms with E-state index in [1.807, 2.05) is 30.3 Å². The van der Waals surface area contributed by atoms with E-state index in [1.54, 1.807) is 19.1 Å².